The Kier molecular flexibility index (Phi) is 10.1. The van der Waals surface area contributed by atoms with Gasteiger partial charge in [0.2, 0.25) is 5.91 Å². The average molecular weight is 506 g/mol. The van der Waals surface area contributed by atoms with E-state index in [1.807, 2.05) is 44.2 Å². The number of ether oxygens (including phenoxy) is 2. The number of cyclic esters (lactones) is 1. The Morgan fingerprint density at radius 3 is 2.31 bits per heavy atom. The lowest BCUT2D eigenvalue weighted by molar-refractivity contribution is -0.155. The molecule has 1 aliphatic heterocycles. The first kappa shape index (κ1) is 29.0. The summed E-state index contributed by atoms with van der Waals surface area (Å²) >= 11 is 0. The first-order chi connectivity index (χ1) is 16.3. The normalized spacial score (nSPS) is 19.1. The zero-order chi connectivity index (χ0) is 26.4. The van der Waals surface area contributed by atoms with E-state index in [-0.39, 0.29) is 48.5 Å². The van der Waals surface area contributed by atoms with Crippen molar-refractivity contribution in [3.8, 4) is 0 Å². The van der Waals surface area contributed by atoms with Gasteiger partial charge in [-0.05, 0) is 36.5 Å². The van der Waals surface area contributed by atoms with Gasteiger partial charge < -0.3 is 13.9 Å². The van der Waals surface area contributed by atoms with Crippen LogP contribution < -0.4 is 0 Å². The summed E-state index contributed by atoms with van der Waals surface area (Å²) in [6.07, 6.45) is -0.165. The quantitative estimate of drug-likeness (QED) is 0.282. The lowest BCUT2D eigenvalue weighted by Crippen LogP contribution is -2.48. The first-order valence-corrected chi connectivity index (χ1v) is 15.6. The molecule has 4 atom stereocenters. The molecule has 0 aromatic heterocycles. The summed E-state index contributed by atoms with van der Waals surface area (Å²) in [6, 6.07) is 9.31. The Labute approximate surface area is 211 Å². The van der Waals surface area contributed by atoms with Gasteiger partial charge in [-0.3, -0.25) is 9.59 Å². The molecule has 0 aliphatic carbocycles. The average Bonchev–Trinajstić information content (AvgIpc) is 3.16. The first-order valence-electron chi connectivity index (χ1n) is 12.7. The van der Waals surface area contributed by atoms with Crippen molar-refractivity contribution in [3.05, 3.63) is 35.9 Å². The number of imide groups is 1. The molecule has 7 nitrogen and oxygen atoms in total. The van der Waals surface area contributed by atoms with Crippen LogP contribution >= 0.6 is 0 Å². The number of rotatable bonds is 11. The topological polar surface area (TPSA) is 82.1 Å². The molecule has 2 rings (SSSR count). The van der Waals surface area contributed by atoms with Gasteiger partial charge in [0, 0.05) is 12.3 Å². The molecule has 0 saturated carbocycles. The third-order valence-corrected chi connectivity index (χ3v) is 11.8. The van der Waals surface area contributed by atoms with Crippen molar-refractivity contribution in [1.82, 2.24) is 4.90 Å². The maximum Gasteiger partial charge on any atom is 0.416 e. The highest BCUT2D eigenvalue weighted by molar-refractivity contribution is 6.74. The van der Waals surface area contributed by atoms with Crippen LogP contribution in [0.25, 0.3) is 0 Å². The SMILES string of the molecule is CCC(=O)O[C@@H](CC(=O)N1C(=O)OC[C@@H]1Cc1ccccc1)[C@@H](C)[C@@H](CC)O[Si](C)(C)C(C)(C)C. The highest BCUT2D eigenvalue weighted by Gasteiger charge is 2.43. The van der Waals surface area contributed by atoms with Gasteiger partial charge in [-0.25, -0.2) is 9.69 Å². The molecule has 196 valence electrons. The zero-order valence-electron chi connectivity index (χ0n) is 22.6. The summed E-state index contributed by atoms with van der Waals surface area (Å²) in [4.78, 5) is 39.4. The molecule has 1 aliphatic rings. The maximum absolute atomic E-state index is 13.4. The predicted molar refractivity (Wildman–Crippen MR) is 138 cm³/mol. The minimum absolute atomic E-state index is 0.0233. The molecular weight excluding hydrogens is 462 g/mol. The molecule has 0 N–H and O–H groups in total. The molecule has 8 heteroatoms. The van der Waals surface area contributed by atoms with Gasteiger partial charge in [-0.15, -0.1) is 0 Å². The number of nitrogens with zero attached hydrogens (tertiary/aromatic N) is 1. The number of amides is 2. The van der Waals surface area contributed by atoms with Crippen molar-refractivity contribution in [2.75, 3.05) is 6.61 Å². The Bertz CT molecular complexity index is 866. The number of hydrogen-bond donors (Lipinski definition) is 0. The Morgan fingerprint density at radius 2 is 1.77 bits per heavy atom. The van der Waals surface area contributed by atoms with Crippen molar-refractivity contribution in [2.24, 2.45) is 5.92 Å². The van der Waals surface area contributed by atoms with E-state index < -0.39 is 26.4 Å². The number of esters is 1. The van der Waals surface area contributed by atoms with E-state index in [1.54, 1.807) is 6.92 Å². The van der Waals surface area contributed by atoms with Crippen LogP contribution in [-0.2, 0) is 29.9 Å². The molecule has 1 fully saturated rings. The fourth-order valence-corrected chi connectivity index (χ4v) is 5.51. The van der Waals surface area contributed by atoms with E-state index in [9.17, 15) is 14.4 Å². The van der Waals surface area contributed by atoms with Gasteiger partial charge in [-0.2, -0.15) is 0 Å². The molecule has 35 heavy (non-hydrogen) atoms. The summed E-state index contributed by atoms with van der Waals surface area (Å²) < 4.78 is 17.7. The van der Waals surface area contributed by atoms with Crippen LogP contribution in [0, 0.1) is 5.92 Å². The van der Waals surface area contributed by atoms with Crippen LogP contribution in [0.15, 0.2) is 30.3 Å². The number of carbonyl (C=O) groups excluding carboxylic acids is 3. The second kappa shape index (κ2) is 12.2. The van der Waals surface area contributed by atoms with Gasteiger partial charge in [0.15, 0.2) is 8.32 Å². The molecular formula is C27H43NO6Si. The van der Waals surface area contributed by atoms with E-state index in [4.69, 9.17) is 13.9 Å². The largest absolute Gasteiger partial charge is 0.461 e. The molecule has 1 heterocycles. The van der Waals surface area contributed by atoms with E-state index in [0.29, 0.717) is 6.42 Å². The summed E-state index contributed by atoms with van der Waals surface area (Å²) in [6.45, 7) is 16.8. The van der Waals surface area contributed by atoms with Crippen LogP contribution in [0.4, 0.5) is 4.79 Å². The molecule has 0 unspecified atom stereocenters. The van der Waals surface area contributed by atoms with Crippen molar-refractivity contribution >= 4 is 26.3 Å². The summed E-state index contributed by atoms with van der Waals surface area (Å²) in [7, 11) is -2.09. The molecule has 1 saturated heterocycles. The van der Waals surface area contributed by atoms with Crippen molar-refractivity contribution < 1.29 is 28.3 Å². The second-order valence-electron chi connectivity index (χ2n) is 11.0. The van der Waals surface area contributed by atoms with E-state index >= 15 is 0 Å². The van der Waals surface area contributed by atoms with Gasteiger partial charge >= 0.3 is 12.1 Å². The minimum atomic E-state index is -2.09. The van der Waals surface area contributed by atoms with E-state index in [0.717, 1.165) is 12.0 Å². The van der Waals surface area contributed by atoms with Crippen molar-refractivity contribution in [1.29, 1.82) is 0 Å². The Balaban J connectivity index is 2.22. The fourth-order valence-electron chi connectivity index (χ4n) is 4.02. The number of hydrogen-bond acceptors (Lipinski definition) is 6. The predicted octanol–water partition coefficient (Wildman–Crippen LogP) is 5.72. The molecule has 1 aromatic rings. The van der Waals surface area contributed by atoms with Gasteiger partial charge in [0.25, 0.3) is 0 Å². The molecule has 1 aromatic carbocycles. The third-order valence-electron chi connectivity index (χ3n) is 7.32. The van der Waals surface area contributed by atoms with Crippen molar-refractivity contribution in [3.63, 3.8) is 0 Å². The van der Waals surface area contributed by atoms with Crippen LogP contribution in [-0.4, -0.2) is 56.0 Å². The van der Waals surface area contributed by atoms with Gasteiger partial charge in [0.05, 0.1) is 18.6 Å². The molecule has 2 amide bonds. The smallest absolute Gasteiger partial charge is 0.416 e. The van der Waals surface area contributed by atoms with Gasteiger partial charge in [-0.1, -0.05) is 71.9 Å². The summed E-state index contributed by atoms with van der Waals surface area (Å²) in [5.41, 5.74) is 1.02. The van der Waals surface area contributed by atoms with Crippen LogP contribution in [0.2, 0.25) is 18.1 Å². The highest BCUT2D eigenvalue weighted by Crippen LogP contribution is 2.39. The number of carbonyl (C=O) groups is 3. The summed E-state index contributed by atoms with van der Waals surface area (Å²) in [5, 5.41) is 0.0233. The second-order valence-corrected chi connectivity index (χ2v) is 15.7. The van der Waals surface area contributed by atoms with E-state index in [2.05, 4.69) is 33.9 Å². The third kappa shape index (κ3) is 7.64. The summed E-state index contributed by atoms with van der Waals surface area (Å²) in [5.74, 6) is -0.988. The molecule has 0 bridgehead atoms. The minimum Gasteiger partial charge on any atom is -0.461 e. The zero-order valence-corrected chi connectivity index (χ0v) is 23.6. The lowest BCUT2D eigenvalue weighted by Gasteiger charge is -2.42. The van der Waals surface area contributed by atoms with E-state index in [1.165, 1.54) is 4.90 Å². The standard InChI is InChI=1S/C27H43NO6Si/c1-9-22(34-35(7,8)27(4,5)6)19(3)23(33-25(30)10-2)17-24(29)28-21(18-32-26(28)31)16-20-14-12-11-13-15-20/h11-15,19,21-23H,9-10,16-18H2,1-8H3/t19-,21-,22+,23-/m0/s1. The number of benzene rings is 1. The molecule has 0 spiro atoms. The van der Waals surface area contributed by atoms with Gasteiger partial charge in [0.1, 0.15) is 12.7 Å². The van der Waals surface area contributed by atoms with Crippen molar-refractivity contribution in [2.45, 2.75) is 104 Å². The fraction of sp³-hybridized carbons (Fsp3) is 0.667. The molecule has 0 radical (unpaired) electrons. The maximum atomic E-state index is 13.4. The van der Waals surface area contributed by atoms with Crippen LogP contribution in [0.1, 0.15) is 66.4 Å². The highest BCUT2D eigenvalue weighted by atomic mass is 28.4. The Hall–Kier alpha value is -2.19. The Morgan fingerprint density at radius 1 is 1.14 bits per heavy atom. The monoisotopic (exact) mass is 505 g/mol. The van der Waals surface area contributed by atoms with Crippen LogP contribution in [0.5, 0.6) is 0 Å². The lowest BCUT2D eigenvalue weighted by atomic mass is 9.93. The van der Waals surface area contributed by atoms with Crippen LogP contribution in [0.3, 0.4) is 0 Å².